The zero-order valence-corrected chi connectivity index (χ0v) is 15.0. The number of nitriles is 1. The number of nitro groups is 1. The first-order valence-corrected chi connectivity index (χ1v) is 9.02. The van der Waals surface area contributed by atoms with Gasteiger partial charge in [0.05, 0.1) is 10.5 Å². The monoisotopic (exact) mass is 371 g/mol. The number of nitro benzene ring substituents is 1. The predicted octanol–water partition coefficient (Wildman–Crippen LogP) is 3.67. The maximum absolute atomic E-state index is 12.2. The number of benzene rings is 1. The fourth-order valence-electron chi connectivity index (χ4n) is 2.99. The first kappa shape index (κ1) is 17.9. The molecule has 1 aliphatic carbocycles. The maximum atomic E-state index is 12.2. The molecule has 0 spiro atoms. The number of amides is 1. The molecule has 0 fully saturated rings. The molecule has 0 saturated carbocycles. The number of nitrogens with zero attached hydrogens (tertiary/aromatic N) is 2. The first-order valence-electron chi connectivity index (χ1n) is 8.20. The molecule has 1 atom stereocenters. The number of ether oxygens (including phenoxy) is 1. The summed E-state index contributed by atoms with van der Waals surface area (Å²) in [6, 6.07) is 8.07. The Balaban J connectivity index is 1.70. The lowest BCUT2D eigenvalue weighted by atomic mass is 9.89. The minimum atomic E-state index is -0.560. The van der Waals surface area contributed by atoms with Crippen molar-refractivity contribution in [2.24, 2.45) is 5.92 Å². The van der Waals surface area contributed by atoms with Crippen molar-refractivity contribution in [2.75, 3.05) is 11.9 Å². The van der Waals surface area contributed by atoms with Gasteiger partial charge in [-0.25, -0.2) is 0 Å². The predicted molar refractivity (Wildman–Crippen MR) is 97.4 cm³/mol. The van der Waals surface area contributed by atoms with Crippen molar-refractivity contribution in [1.29, 1.82) is 5.26 Å². The molecule has 1 aromatic carbocycles. The van der Waals surface area contributed by atoms with Crippen molar-refractivity contribution < 1.29 is 14.5 Å². The third kappa shape index (κ3) is 3.68. The van der Waals surface area contributed by atoms with Gasteiger partial charge < -0.3 is 10.1 Å². The largest absolute Gasteiger partial charge is 0.477 e. The highest BCUT2D eigenvalue weighted by molar-refractivity contribution is 7.16. The Morgan fingerprint density at radius 3 is 3.00 bits per heavy atom. The van der Waals surface area contributed by atoms with Gasteiger partial charge >= 0.3 is 5.69 Å². The summed E-state index contributed by atoms with van der Waals surface area (Å²) in [5.41, 5.74) is 1.36. The standard InChI is InChI=1S/C18H17N3O4S/c1-11-6-7-12-13(9-19)18(26-16(12)8-11)20-17(22)10-25-15-5-3-2-4-14(15)21(23)24/h2-5,11H,6-8,10H2,1H3,(H,20,22)/t11-/m0/s1. The molecule has 0 aliphatic heterocycles. The van der Waals surface area contributed by atoms with Crippen molar-refractivity contribution in [2.45, 2.75) is 26.2 Å². The summed E-state index contributed by atoms with van der Waals surface area (Å²) in [7, 11) is 0. The highest BCUT2D eigenvalue weighted by Gasteiger charge is 2.25. The average molecular weight is 371 g/mol. The van der Waals surface area contributed by atoms with Crippen LogP contribution in [0.5, 0.6) is 5.75 Å². The van der Waals surface area contributed by atoms with Crippen LogP contribution >= 0.6 is 11.3 Å². The molecule has 2 aromatic rings. The Labute approximate surface area is 154 Å². The molecule has 7 nitrogen and oxygen atoms in total. The quantitative estimate of drug-likeness (QED) is 0.638. The van der Waals surface area contributed by atoms with Crippen molar-refractivity contribution in [1.82, 2.24) is 0 Å². The van der Waals surface area contributed by atoms with Gasteiger partial charge in [0, 0.05) is 10.9 Å². The number of fused-ring (bicyclic) bond motifs is 1. The summed E-state index contributed by atoms with van der Waals surface area (Å²) in [6.45, 7) is 1.81. The topological polar surface area (TPSA) is 105 Å². The van der Waals surface area contributed by atoms with Gasteiger partial charge in [0.25, 0.3) is 5.91 Å². The second kappa shape index (κ2) is 7.54. The smallest absolute Gasteiger partial charge is 0.310 e. The Bertz CT molecular complexity index is 900. The SMILES string of the molecule is C[C@H]1CCc2c(sc(NC(=O)COc3ccccc3[N+](=O)[O-])c2C#N)C1. The molecule has 1 heterocycles. The highest BCUT2D eigenvalue weighted by atomic mass is 32.1. The number of rotatable bonds is 5. The molecule has 0 saturated heterocycles. The Morgan fingerprint density at radius 1 is 1.50 bits per heavy atom. The van der Waals surface area contributed by atoms with Gasteiger partial charge in [-0.2, -0.15) is 5.26 Å². The van der Waals surface area contributed by atoms with Crippen LogP contribution < -0.4 is 10.1 Å². The molecule has 0 bridgehead atoms. The number of carbonyl (C=O) groups is 1. The number of thiophene rings is 1. The van der Waals surface area contributed by atoms with Crippen molar-refractivity contribution in [3.05, 3.63) is 50.4 Å². The molecule has 1 N–H and O–H groups in total. The van der Waals surface area contributed by atoms with E-state index in [4.69, 9.17) is 4.74 Å². The van der Waals surface area contributed by atoms with Gasteiger partial charge in [-0.3, -0.25) is 14.9 Å². The van der Waals surface area contributed by atoms with Gasteiger partial charge in [0.1, 0.15) is 11.1 Å². The van der Waals surface area contributed by atoms with Gasteiger partial charge in [0.15, 0.2) is 12.4 Å². The van der Waals surface area contributed by atoms with Crippen LogP contribution in [0.15, 0.2) is 24.3 Å². The van der Waals surface area contributed by atoms with Crippen LogP contribution in [0.25, 0.3) is 0 Å². The van der Waals surface area contributed by atoms with Crippen LogP contribution in [0.2, 0.25) is 0 Å². The van der Waals surface area contributed by atoms with E-state index >= 15 is 0 Å². The Kier molecular flexibility index (Phi) is 5.19. The lowest BCUT2D eigenvalue weighted by Crippen LogP contribution is -2.20. The number of nitrogens with one attached hydrogen (secondary N) is 1. The van der Waals surface area contributed by atoms with Crippen LogP contribution in [0, 0.1) is 27.4 Å². The summed E-state index contributed by atoms with van der Waals surface area (Å²) in [5, 5.41) is 23.7. The number of carbonyl (C=O) groups excluding carboxylic acids is 1. The maximum Gasteiger partial charge on any atom is 0.310 e. The molecule has 0 radical (unpaired) electrons. The summed E-state index contributed by atoms with van der Waals surface area (Å²) in [6.07, 6.45) is 2.79. The lowest BCUT2D eigenvalue weighted by molar-refractivity contribution is -0.385. The van der Waals surface area contributed by atoms with Crippen LogP contribution in [0.1, 0.15) is 29.3 Å². The summed E-state index contributed by atoms with van der Waals surface area (Å²) in [4.78, 5) is 23.8. The zero-order valence-electron chi connectivity index (χ0n) is 14.2. The minimum Gasteiger partial charge on any atom is -0.477 e. The molecule has 1 aromatic heterocycles. The van der Waals surface area contributed by atoms with E-state index in [2.05, 4.69) is 18.3 Å². The van der Waals surface area contributed by atoms with Gasteiger partial charge in [-0.1, -0.05) is 19.1 Å². The summed E-state index contributed by atoms with van der Waals surface area (Å²) >= 11 is 1.43. The van der Waals surface area contributed by atoms with E-state index in [1.807, 2.05) is 0 Å². The number of hydrogen-bond donors (Lipinski definition) is 1. The molecule has 1 aliphatic rings. The van der Waals surface area contributed by atoms with E-state index in [0.717, 1.165) is 29.7 Å². The third-order valence-corrected chi connectivity index (χ3v) is 5.47. The van der Waals surface area contributed by atoms with Crippen LogP contribution in [0.3, 0.4) is 0 Å². The highest BCUT2D eigenvalue weighted by Crippen LogP contribution is 2.39. The second-order valence-electron chi connectivity index (χ2n) is 6.23. The normalized spacial score (nSPS) is 15.6. The number of para-hydroxylation sites is 2. The average Bonchev–Trinajstić information content (AvgIpc) is 2.95. The minimum absolute atomic E-state index is 0.0347. The molecule has 0 unspecified atom stereocenters. The van der Waals surface area contributed by atoms with Crippen LogP contribution in [0.4, 0.5) is 10.7 Å². The Morgan fingerprint density at radius 2 is 2.27 bits per heavy atom. The van der Waals surface area contributed by atoms with E-state index in [1.54, 1.807) is 6.07 Å². The summed E-state index contributed by atoms with van der Waals surface area (Å²) in [5.74, 6) is 0.150. The van der Waals surface area contributed by atoms with Gasteiger partial charge in [-0.05, 0) is 36.8 Å². The van der Waals surface area contributed by atoms with Gasteiger partial charge in [-0.15, -0.1) is 11.3 Å². The molecule has 26 heavy (non-hydrogen) atoms. The third-order valence-electron chi connectivity index (χ3n) is 4.30. The van der Waals surface area contributed by atoms with Crippen molar-refractivity contribution in [3.63, 3.8) is 0 Å². The molecular weight excluding hydrogens is 354 g/mol. The molecular formula is C18H17N3O4S. The van der Waals surface area contributed by atoms with Crippen molar-refractivity contribution >= 4 is 27.9 Å². The van der Waals surface area contributed by atoms with E-state index in [9.17, 15) is 20.2 Å². The van der Waals surface area contributed by atoms with E-state index in [1.165, 1.54) is 29.5 Å². The number of anilines is 1. The van der Waals surface area contributed by atoms with E-state index in [-0.39, 0.29) is 18.0 Å². The first-order chi connectivity index (χ1) is 12.5. The van der Waals surface area contributed by atoms with Crippen LogP contribution in [-0.4, -0.2) is 17.4 Å². The van der Waals surface area contributed by atoms with Gasteiger partial charge in [0.2, 0.25) is 0 Å². The molecule has 8 heteroatoms. The van der Waals surface area contributed by atoms with E-state index < -0.39 is 10.8 Å². The molecule has 3 rings (SSSR count). The molecule has 134 valence electrons. The fraction of sp³-hybridized carbons (Fsp3) is 0.333. The van der Waals surface area contributed by atoms with Crippen molar-refractivity contribution in [3.8, 4) is 11.8 Å². The fourth-order valence-corrected chi connectivity index (χ4v) is 4.37. The summed E-state index contributed by atoms with van der Waals surface area (Å²) < 4.78 is 5.29. The number of hydrogen-bond acceptors (Lipinski definition) is 6. The lowest BCUT2D eigenvalue weighted by Gasteiger charge is -2.17. The second-order valence-corrected chi connectivity index (χ2v) is 7.33. The van der Waals surface area contributed by atoms with E-state index in [0.29, 0.717) is 16.5 Å². The molecule has 1 amide bonds. The van der Waals surface area contributed by atoms with Crippen LogP contribution in [-0.2, 0) is 17.6 Å². The zero-order chi connectivity index (χ0) is 18.7. The Hall–Kier alpha value is -2.92.